The summed E-state index contributed by atoms with van der Waals surface area (Å²) < 4.78 is 0. The van der Waals surface area contributed by atoms with Crippen molar-refractivity contribution in [2.75, 3.05) is 5.32 Å². The van der Waals surface area contributed by atoms with Gasteiger partial charge in [-0.05, 0) is 48.9 Å². The van der Waals surface area contributed by atoms with E-state index in [0.29, 0.717) is 16.8 Å². The van der Waals surface area contributed by atoms with E-state index >= 15 is 0 Å². The van der Waals surface area contributed by atoms with Crippen LogP contribution in [0.3, 0.4) is 0 Å². The zero-order chi connectivity index (χ0) is 14.7. The van der Waals surface area contributed by atoms with E-state index in [4.69, 9.17) is 5.11 Å². The van der Waals surface area contributed by atoms with Crippen LogP contribution in [0.2, 0.25) is 0 Å². The lowest BCUT2D eigenvalue weighted by Gasteiger charge is -2.07. The summed E-state index contributed by atoms with van der Waals surface area (Å²) >= 11 is 0. The minimum Gasteiger partial charge on any atom is -0.508 e. The predicted octanol–water partition coefficient (Wildman–Crippen LogP) is 2.65. The molecule has 20 heavy (non-hydrogen) atoms. The molecular formula is C15H13NO4. The smallest absolute Gasteiger partial charge is 0.335 e. The fraction of sp³-hybridized carbons (Fsp3) is 0.0667. The first kappa shape index (κ1) is 13.6. The normalized spacial score (nSPS) is 10.1. The molecule has 0 aliphatic carbocycles. The van der Waals surface area contributed by atoms with E-state index in [0.717, 1.165) is 0 Å². The fourth-order valence-electron chi connectivity index (χ4n) is 1.73. The van der Waals surface area contributed by atoms with Crippen LogP contribution in [0.25, 0.3) is 0 Å². The maximum Gasteiger partial charge on any atom is 0.335 e. The van der Waals surface area contributed by atoms with Gasteiger partial charge >= 0.3 is 5.97 Å². The van der Waals surface area contributed by atoms with Gasteiger partial charge < -0.3 is 15.5 Å². The molecule has 3 N–H and O–H groups in total. The quantitative estimate of drug-likeness (QED) is 0.801. The highest BCUT2D eigenvalue weighted by Gasteiger charge is 2.09. The molecule has 102 valence electrons. The summed E-state index contributed by atoms with van der Waals surface area (Å²) in [5, 5.41) is 20.9. The van der Waals surface area contributed by atoms with Crippen LogP contribution in [0.1, 0.15) is 26.3 Å². The summed E-state index contributed by atoms with van der Waals surface area (Å²) in [7, 11) is 0. The molecule has 0 heterocycles. The predicted molar refractivity (Wildman–Crippen MR) is 74.2 cm³/mol. The standard InChI is InChI=1S/C15H13NO4/c1-9-7-10(5-6-13(9)17)14(18)16-12-4-2-3-11(8-12)15(19)20/h2-8,17H,1H3,(H,16,18)(H,19,20). The molecule has 0 aromatic heterocycles. The van der Waals surface area contributed by atoms with Gasteiger partial charge in [-0.15, -0.1) is 0 Å². The van der Waals surface area contributed by atoms with Crippen molar-refractivity contribution in [1.29, 1.82) is 0 Å². The highest BCUT2D eigenvalue weighted by molar-refractivity contribution is 6.05. The van der Waals surface area contributed by atoms with Crippen molar-refractivity contribution < 1.29 is 19.8 Å². The van der Waals surface area contributed by atoms with Crippen LogP contribution in [0.5, 0.6) is 5.75 Å². The highest BCUT2D eigenvalue weighted by Crippen LogP contribution is 2.18. The Morgan fingerprint density at radius 2 is 1.80 bits per heavy atom. The Morgan fingerprint density at radius 1 is 1.05 bits per heavy atom. The number of nitrogens with one attached hydrogen (secondary N) is 1. The largest absolute Gasteiger partial charge is 0.508 e. The average Bonchev–Trinajstić information content (AvgIpc) is 2.42. The van der Waals surface area contributed by atoms with E-state index in [2.05, 4.69) is 5.32 Å². The molecule has 1 amide bonds. The first-order valence-electron chi connectivity index (χ1n) is 5.91. The molecule has 0 atom stereocenters. The lowest BCUT2D eigenvalue weighted by molar-refractivity contribution is 0.0696. The second-order valence-corrected chi connectivity index (χ2v) is 4.34. The van der Waals surface area contributed by atoms with Crippen LogP contribution in [-0.4, -0.2) is 22.1 Å². The summed E-state index contributed by atoms with van der Waals surface area (Å²) in [6, 6.07) is 10.5. The number of aromatic hydroxyl groups is 1. The second-order valence-electron chi connectivity index (χ2n) is 4.34. The minimum atomic E-state index is -1.05. The molecule has 2 aromatic rings. The maximum atomic E-state index is 12.0. The van der Waals surface area contributed by atoms with Crippen molar-refractivity contribution in [2.45, 2.75) is 6.92 Å². The van der Waals surface area contributed by atoms with Gasteiger partial charge in [-0.2, -0.15) is 0 Å². The first-order valence-corrected chi connectivity index (χ1v) is 5.91. The maximum absolute atomic E-state index is 12.0. The molecule has 0 aliphatic heterocycles. The van der Waals surface area contributed by atoms with Crippen LogP contribution in [0.15, 0.2) is 42.5 Å². The van der Waals surface area contributed by atoms with Crippen molar-refractivity contribution in [1.82, 2.24) is 0 Å². The van der Waals surface area contributed by atoms with Crippen LogP contribution in [0, 0.1) is 6.92 Å². The molecule has 2 aromatic carbocycles. The average molecular weight is 271 g/mol. The van der Waals surface area contributed by atoms with E-state index in [-0.39, 0.29) is 17.2 Å². The summed E-state index contributed by atoms with van der Waals surface area (Å²) in [5.74, 6) is -1.30. The van der Waals surface area contributed by atoms with E-state index in [1.807, 2.05) is 0 Å². The van der Waals surface area contributed by atoms with E-state index in [1.54, 1.807) is 25.1 Å². The molecule has 0 unspecified atom stereocenters. The van der Waals surface area contributed by atoms with Crippen molar-refractivity contribution in [2.24, 2.45) is 0 Å². The van der Waals surface area contributed by atoms with Gasteiger partial charge in [0.15, 0.2) is 0 Å². The minimum absolute atomic E-state index is 0.102. The number of phenols is 1. The number of phenolic OH excluding ortho intramolecular Hbond substituents is 1. The molecule has 0 radical (unpaired) electrons. The Hall–Kier alpha value is -2.82. The van der Waals surface area contributed by atoms with Crippen LogP contribution >= 0.6 is 0 Å². The molecule has 5 heteroatoms. The Kier molecular flexibility index (Phi) is 3.70. The molecule has 5 nitrogen and oxygen atoms in total. The number of benzene rings is 2. The number of rotatable bonds is 3. The van der Waals surface area contributed by atoms with Crippen molar-refractivity contribution >= 4 is 17.6 Å². The third-order valence-electron chi connectivity index (χ3n) is 2.83. The number of hydrogen-bond acceptors (Lipinski definition) is 3. The molecule has 0 bridgehead atoms. The Balaban J connectivity index is 2.21. The number of aryl methyl sites for hydroxylation is 1. The van der Waals surface area contributed by atoms with Crippen LogP contribution < -0.4 is 5.32 Å². The second kappa shape index (κ2) is 5.44. The number of aromatic carboxylic acids is 1. The number of carbonyl (C=O) groups excluding carboxylic acids is 1. The van der Waals surface area contributed by atoms with Gasteiger partial charge in [0, 0.05) is 11.3 Å². The van der Waals surface area contributed by atoms with Gasteiger partial charge in [-0.1, -0.05) is 6.07 Å². The topological polar surface area (TPSA) is 86.6 Å². The molecule has 0 saturated carbocycles. The first-order chi connectivity index (χ1) is 9.47. The number of carboxylic acids is 1. The Labute approximate surface area is 115 Å². The third-order valence-corrected chi connectivity index (χ3v) is 2.83. The number of hydrogen-bond donors (Lipinski definition) is 3. The summed E-state index contributed by atoms with van der Waals surface area (Å²) in [6.07, 6.45) is 0. The monoisotopic (exact) mass is 271 g/mol. The number of anilines is 1. The van der Waals surface area contributed by atoms with E-state index < -0.39 is 5.97 Å². The lowest BCUT2D eigenvalue weighted by Crippen LogP contribution is -2.12. The van der Waals surface area contributed by atoms with Crippen LogP contribution in [-0.2, 0) is 0 Å². The van der Waals surface area contributed by atoms with Crippen molar-refractivity contribution in [3.05, 3.63) is 59.2 Å². The van der Waals surface area contributed by atoms with Gasteiger partial charge in [0.25, 0.3) is 5.91 Å². The van der Waals surface area contributed by atoms with Crippen LogP contribution in [0.4, 0.5) is 5.69 Å². The zero-order valence-electron chi connectivity index (χ0n) is 10.8. The van der Waals surface area contributed by atoms with Gasteiger partial charge in [0.2, 0.25) is 0 Å². The number of amides is 1. The number of carbonyl (C=O) groups is 2. The summed E-state index contributed by atoms with van der Waals surface area (Å²) in [6.45, 7) is 1.69. The number of carboxylic acid groups (broad SMARTS) is 1. The molecule has 0 aliphatic rings. The molecule has 0 fully saturated rings. The fourth-order valence-corrected chi connectivity index (χ4v) is 1.73. The SMILES string of the molecule is Cc1cc(C(=O)Nc2cccc(C(=O)O)c2)ccc1O. The highest BCUT2D eigenvalue weighted by atomic mass is 16.4. The van der Waals surface area contributed by atoms with Gasteiger partial charge in [-0.25, -0.2) is 4.79 Å². The van der Waals surface area contributed by atoms with Crippen molar-refractivity contribution in [3.63, 3.8) is 0 Å². The molecule has 0 spiro atoms. The van der Waals surface area contributed by atoms with E-state index in [9.17, 15) is 14.7 Å². The lowest BCUT2D eigenvalue weighted by atomic mass is 10.1. The van der Waals surface area contributed by atoms with Gasteiger partial charge in [0.05, 0.1) is 5.56 Å². The molecular weight excluding hydrogens is 258 g/mol. The van der Waals surface area contributed by atoms with Gasteiger partial charge in [-0.3, -0.25) is 4.79 Å². The Morgan fingerprint density at radius 3 is 2.45 bits per heavy atom. The molecule has 2 rings (SSSR count). The third kappa shape index (κ3) is 2.95. The summed E-state index contributed by atoms with van der Waals surface area (Å²) in [4.78, 5) is 22.9. The Bertz CT molecular complexity index is 679. The molecule has 0 saturated heterocycles. The van der Waals surface area contributed by atoms with E-state index in [1.165, 1.54) is 24.3 Å². The van der Waals surface area contributed by atoms with Gasteiger partial charge in [0.1, 0.15) is 5.75 Å². The zero-order valence-corrected chi connectivity index (χ0v) is 10.8. The summed E-state index contributed by atoms with van der Waals surface area (Å²) in [5.41, 5.74) is 1.49. The van der Waals surface area contributed by atoms with Crippen molar-refractivity contribution in [3.8, 4) is 5.75 Å².